The van der Waals surface area contributed by atoms with Crippen LogP contribution in [0.1, 0.15) is 34.1 Å². The van der Waals surface area contributed by atoms with E-state index in [2.05, 4.69) is 5.10 Å². The van der Waals surface area contributed by atoms with Gasteiger partial charge in [0.1, 0.15) is 5.03 Å². The van der Waals surface area contributed by atoms with Gasteiger partial charge in [-0.15, -0.1) is 0 Å². The maximum Gasteiger partial charge on any atom is 0.316 e. The summed E-state index contributed by atoms with van der Waals surface area (Å²) in [4.78, 5) is 25.5. The molecule has 6 heteroatoms. The van der Waals surface area contributed by atoms with Gasteiger partial charge in [-0.25, -0.2) is 4.52 Å². The number of aromatic nitrogens is 2. The Labute approximate surface area is 191 Å². The van der Waals surface area contributed by atoms with Crippen LogP contribution in [-0.2, 0) is 9.53 Å². The lowest BCUT2D eigenvalue weighted by molar-refractivity contribution is -0.139. The molecule has 162 valence electrons. The van der Waals surface area contributed by atoms with E-state index >= 15 is 0 Å². The van der Waals surface area contributed by atoms with Crippen LogP contribution in [0, 0.1) is 13.8 Å². The van der Waals surface area contributed by atoms with Gasteiger partial charge in [0.2, 0.25) is 0 Å². The molecule has 0 aliphatic carbocycles. The number of benzene rings is 2. The third-order valence-corrected chi connectivity index (χ3v) is 6.08. The number of carbonyl (C=O) groups is 2. The zero-order valence-corrected chi connectivity index (χ0v) is 19.1. The predicted octanol–water partition coefficient (Wildman–Crippen LogP) is 5.50. The van der Waals surface area contributed by atoms with Crippen LogP contribution < -0.4 is 0 Å². The summed E-state index contributed by atoms with van der Waals surface area (Å²) in [5, 5.41) is 5.18. The van der Waals surface area contributed by atoms with Crippen LogP contribution in [0.15, 0.2) is 71.8 Å². The molecule has 2 heterocycles. The van der Waals surface area contributed by atoms with Crippen molar-refractivity contribution < 1.29 is 14.3 Å². The van der Waals surface area contributed by atoms with E-state index in [1.807, 2.05) is 80.6 Å². The fourth-order valence-electron chi connectivity index (χ4n) is 3.69. The first-order chi connectivity index (χ1) is 15.5. The van der Waals surface area contributed by atoms with Crippen LogP contribution in [0.3, 0.4) is 0 Å². The van der Waals surface area contributed by atoms with Gasteiger partial charge in [0.25, 0.3) is 0 Å². The lowest BCUT2D eigenvalue weighted by Gasteiger charge is -2.06. The van der Waals surface area contributed by atoms with Crippen LogP contribution >= 0.6 is 11.8 Å². The fraction of sp³-hybridized carbons (Fsp3) is 0.192. The molecule has 0 saturated heterocycles. The van der Waals surface area contributed by atoms with Crippen molar-refractivity contribution in [3.05, 3.63) is 89.1 Å². The maximum atomic E-state index is 13.6. The number of aryl methyl sites for hydroxylation is 2. The van der Waals surface area contributed by atoms with Gasteiger partial charge in [0, 0.05) is 11.3 Å². The molecule has 0 bridgehead atoms. The number of esters is 1. The fourth-order valence-corrected chi connectivity index (χ4v) is 4.51. The van der Waals surface area contributed by atoms with E-state index in [1.165, 1.54) is 11.8 Å². The van der Waals surface area contributed by atoms with E-state index in [0.717, 1.165) is 27.9 Å². The van der Waals surface area contributed by atoms with E-state index in [9.17, 15) is 9.59 Å². The standard InChI is InChI=1S/C26H24N2O3S/c1-4-31-23(29)16-32-26-24(22-15-17(2)14-18(3)28(22)27-26)25(30)21-12-10-20(11-13-21)19-8-6-5-7-9-19/h5-15H,4,16H2,1-3H3. The van der Waals surface area contributed by atoms with Crippen LogP contribution in [0.25, 0.3) is 16.6 Å². The van der Waals surface area contributed by atoms with Gasteiger partial charge in [-0.3, -0.25) is 9.59 Å². The number of thioether (sulfide) groups is 1. The number of hydrogen-bond donors (Lipinski definition) is 0. The van der Waals surface area contributed by atoms with Crippen LogP contribution in [0.5, 0.6) is 0 Å². The number of pyridine rings is 1. The highest BCUT2D eigenvalue weighted by Crippen LogP contribution is 2.30. The lowest BCUT2D eigenvalue weighted by atomic mass is 9.99. The Balaban J connectivity index is 1.73. The summed E-state index contributed by atoms with van der Waals surface area (Å²) in [6, 6.07) is 21.6. The van der Waals surface area contributed by atoms with Crippen molar-refractivity contribution in [2.24, 2.45) is 0 Å². The molecule has 0 radical (unpaired) electrons. The quantitative estimate of drug-likeness (QED) is 0.214. The van der Waals surface area contributed by atoms with Crippen LogP contribution in [0.4, 0.5) is 0 Å². The number of hydrogen-bond acceptors (Lipinski definition) is 5. The summed E-state index contributed by atoms with van der Waals surface area (Å²) in [6.07, 6.45) is 0. The minimum absolute atomic E-state index is 0.100. The first kappa shape index (κ1) is 21.8. The van der Waals surface area contributed by atoms with Gasteiger partial charge in [-0.2, -0.15) is 5.10 Å². The molecule has 0 saturated carbocycles. The lowest BCUT2D eigenvalue weighted by Crippen LogP contribution is -2.08. The van der Waals surface area contributed by atoms with E-state index in [0.29, 0.717) is 22.8 Å². The Hall–Kier alpha value is -3.38. The molecule has 0 aliphatic rings. The highest BCUT2D eigenvalue weighted by atomic mass is 32.2. The normalized spacial score (nSPS) is 11.0. The topological polar surface area (TPSA) is 60.7 Å². The molecule has 0 fully saturated rings. The van der Waals surface area contributed by atoms with Gasteiger partial charge in [0.05, 0.1) is 23.4 Å². The predicted molar refractivity (Wildman–Crippen MR) is 127 cm³/mol. The molecule has 0 amide bonds. The first-order valence-electron chi connectivity index (χ1n) is 10.5. The largest absolute Gasteiger partial charge is 0.465 e. The molecular formula is C26H24N2O3S. The number of carbonyl (C=O) groups excluding carboxylic acids is 2. The van der Waals surface area contributed by atoms with Gasteiger partial charge < -0.3 is 4.74 Å². The molecule has 0 atom stereocenters. The number of fused-ring (bicyclic) bond motifs is 1. The number of nitrogens with zero attached hydrogens (tertiary/aromatic N) is 2. The second-order valence-corrected chi connectivity index (χ2v) is 8.48. The van der Waals surface area contributed by atoms with Gasteiger partial charge in [-0.1, -0.05) is 66.4 Å². The summed E-state index contributed by atoms with van der Waals surface area (Å²) >= 11 is 1.23. The Bertz CT molecular complexity index is 1280. The minimum atomic E-state index is -0.326. The molecule has 4 aromatic rings. The van der Waals surface area contributed by atoms with Crippen LogP contribution in [-0.4, -0.2) is 33.7 Å². The second kappa shape index (κ2) is 9.40. The third kappa shape index (κ3) is 4.46. The number of rotatable bonds is 7. The first-order valence-corrected chi connectivity index (χ1v) is 11.4. The molecule has 32 heavy (non-hydrogen) atoms. The Kier molecular flexibility index (Phi) is 6.42. The molecule has 5 nitrogen and oxygen atoms in total. The highest BCUT2D eigenvalue weighted by Gasteiger charge is 2.23. The zero-order chi connectivity index (χ0) is 22.7. The summed E-state index contributed by atoms with van der Waals surface area (Å²) in [5.41, 5.74) is 5.95. The molecule has 0 spiro atoms. The average Bonchev–Trinajstić information content (AvgIpc) is 3.17. The van der Waals surface area contributed by atoms with Gasteiger partial charge in [0.15, 0.2) is 5.78 Å². The van der Waals surface area contributed by atoms with Crippen molar-refractivity contribution in [1.29, 1.82) is 0 Å². The van der Waals surface area contributed by atoms with Crippen molar-refractivity contribution in [2.75, 3.05) is 12.4 Å². The summed E-state index contributed by atoms with van der Waals surface area (Å²) in [6.45, 7) is 6.04. The summed E-state index contributed by atoms with van der Waals surface area (Å²) < 4.78 is 6.81. The van der Waals surface area contributed by atoms with Gasteiger partial charge in [-0.05, 0) is 49.6 Å². The Morgan fingerprint density at radius 1 is 0.969 bits per heavy atom. The average molecular weight is 445 g/mol. The Morgan fingerprint density at radius 2 is 1.66 bits per heavy atom. The number of ether oxygens (including phenoxy) is 1. The molecular weight excluding hydrogens is 420 g/mol. The molecule has 2 aromatic carbocycles. The van der Waals surface area contributed by atoms with E-state index in [1.54, 1.807) is 11.4 Å². The molecule has 0 N–H and O–H groups in total. The van der Waals surface area contributed by atoms with E-state index in [-0.39, 0.29) is 17.5 Å². The second-order valence-electron chi connectivity index (χ2n) is 7.52. The zero-order valence-electron chi connectivity index (χ0n) is 18.3. The molecule has 0 aliphatic heterocycles. The minimum Gasteiger partial charge on any atom is -0.465 e. The SMILES string of the molecule is CCOC(=O)CSc1nn2c(C)cc(C)cc2c1C(=O)c1ccc(-c2ccccc2)cc1. The van der Waals surface area contributed by atoms with Crippen molar-refractivity contribution in [3.63, 3.8) is 0 Å². The summed E-state index contributed by atoms with van der Waals surface area (Å²) in [7, 11) is 0. The van der Waals surface area contributed by atoms with Crippen LogP contribution in [0.2, 0.25) is 0 Å². The van der Waals surface area contributed by atoms with Crippen molar-refractivity contribution >= 4 is 29.0 Å². The third-order valence-electron chi connectivity index (χ3n) is 5.14. The maximum absolute atomic E-state index is 13.6. The number of ketones is 1. The molecule has 2 aromatic heterocycles. The van der Waals surface area contributed by atoms with E-state index in [4.69, 9.17) is 4.74 Å². The highest BCUT2D eigenvalue weighted by molar-refractivity contribution is 8.00. The summed E-state index contributed by atoms with van der Waals surface area (Å²) in [5.74, 6) is -0.341. The molecule has 4 rings (SSSR count). The monoisotopic (exact) mass is 444 g/mol. The van der Waals surface area contributed by atoms with E-state index < -0.39 is 0 Å². The molecule has 0 unspecified atom stereocenters. The Morgan fingerprint density at radius 3 is 2.34 bits per heavy atom. The van der Waals surface area contributed by atoms with Gasteiger partial charge >= 0.3 is 5.97 Å². The smallest absolute Gasteiger partial charge is 0.316 e. The van der Waals surface area contributed by atoms with Crippen molar-refractivity contribution in [1.82, 2.24) is 9.61 Å². The van der Waals surface area contributed by atoms with Crippen molar-refractivity contribution in [2.45, 2.75) is 25.8 Å². The van der Waals surface area contributed by atoms with Crippen molar-refractivity contribution in [3.8, 4) is 11.1 Å².